The summed E-state index contributed by atoms with van der Waals surface area (Å²) in [6, 6.07) is 13.7. The van der Waals surface area contributed by atoms with Gasteiger partial charge in [-0.25, -0.2) is 4.98 Å². The maximum atomic E-state index is 5.92. The fourth-order valence-corrected chi connectivity index (χ4v) is 2.26. The normalized spacial score (nSPS) is 12.2. The van der Waals surface area contributed by atoms with Gasteiger partial charge in [-0.05, 0) is 36.2 Å². The van der Waals surface area contributed by atoms with Crippen molar-refractivity contribution < 1.29 is 0 Å². The van der Waals surface area contributed by atoms with Gasteiger partial charge in [-0.3, -0.25) is 0 Å². The summed E-state index contributed by atoms with van der Waals surface area (Å²) in [4.78, 5) is 4.27. The molecule has 1 N–H and O–H groups in total. The summed E-state index contributed by atoms with van der Waals surface area (Å²) in [5, 5.41) is 4.66. The third-order valence-corrected chi connectivity index (χ3v) is 3.35. The smallest absolute Gasteiger partial charge is 0.131 e. The second-order valence-corrected chi connectivity index (χ2v) is 5.21. The third-order valence-electron chi connectivity index (χ3n) is 2.89. The van der Waals surface area contributed by atoms with Crippen LogP contribution in [0.2, 0.25) is 10.2 Å². The molecule has 1 atom stereocenters. The molecule has 0 radical (unpaired) electrons. The van der Waals surface area contributed by atoms with Crippen molar-refractivity contribution in [2.75, 3.05) is 5.32 Å². The van der Waals surface area contributed by atoms with Crippen LogP contribution in [-0.4, -0.2) is 4.98 Å². The summed E-state index contributed by atoms with van der Waals surface area (Å²) in [7, 11) is 0. The number of anilines is 1. The number of halogens is 2. The molecule has 0 saturated heterocycles. The van der Waals surface area contributed by atoms with Crippen molar-refractivity contribution in [2.45, 2.75) is 25.8 Å². The SMILES string of the molecule is CCCC(Nc1cccc(Cl)n1)c1ccc(Cl)cc1. The van der Waals surface area contributed by atoms with Crippen LogP contribution in [0.4, 0.5) is 5.82 Å². The van der Waals surface area contributed by atoms with Crippen molar-refractivity contribution in [3.63, 3.8) is 0 Å². The highest BCUT2D eigenvalue weighted by Gasteiger charge is 2.11. The van der Waals surface area contributed by atoms with Gasteiger partial charge >= 0.3 is 0 Å². The van der Waals surface area contributed by atoms with E-state index in [0.717, 1.165) is 23.7 Å². The molecule has 0 aliphatic carbocycles. The maximum absolute atomic E-state index is 5.92. The standard InChI is InChI=1S/C15H16Cl2N2/c1-2-4-13(11-7-9-12(16)10-8-11)18-15-6-3-5-14(17)19-15/h3,5-10,13H,2,4H2,1H3,(H,18,19). The van der Waals surface area contributed by atoms with E-state index in [1.807, 2.05) is 36.4 Å². The molecule has 19 heavy (non-hydrogen) atoms. The Morgan fingerprint density at radius 1 is 1.11 bits per heavy atom. The number of nitrogens with one attached hydrogen (secondary N) is 1. The number of pyridine rings is 1. The predicted molar refractivity (Wildman–Crippen MR) is 82.0 cm³/mol. The Balaban J connectivity index is 2.18. The van der Waals surface area contributed by atoms with Gasteiger partial charge in [-0.2, -0.15) is 0 Å². The number of hydrogen-bond donors (Lipinski definition) is 1. The highest BCUT2D eigenvalue weighted by atomic mass is 35.5. The first-order chi connectivity index (χ1) is 9.19. The van der Waals surface area contributed by atoms with Crippen LogP contribution in [0.25, 0.3) is 0 Å². The van der Waals surface area contributed by atoms with E-state index in [1.54, 1.807) is 6.07 Å². The van der Waals surface area contributed by atoms with Gasteiger partial charge < -0.3 is 5.32 Å². The van der Waals surface area contributed by atoms with Crippen molar-refractivity contribution in [2.24, 2.45) is 0 Å². The zero-order valence-electron chi connectivity index (χ0n) is 10.7. The van der Waals surface area contributed by atoms with Crippen molar-refractivity contribution in [3.8, 4) is 0 Å². The zero-order chi connectivity index (χ0) is 13.7. The van der Waals surface area contributed by atoms with Gasteiger partial charge in [-0.15, -0.1) is 0 Å². The van der Waals surface area contributed by atoms with E-state index in [0.29, 0.717) is 5.15 Å². The summed E-state index contributed by atoms with van der Waals surface area (Å²) >= 11 is 11.8. The van der Waals surface area contributed by atoms with E-state index < -0.39 is 0 Å². The largest absolute Gasteiger partial charge is 0.363 e. The van der Waals surface area contributed by atoms with Gasteiger partial charge in [-0.1, -0.05) is 54.7 Å². The quantitative estimate of drug-likeness (QED) is 0.753. The lowest BCUT2D eigenvalue weighted by Gasteiger charge is -2.19. The second kappa shape index (κ2) is 6.78. The van der Waals surface area contributed by atoms with Gasteiger partial charge in [0.25, 0.3) is 0 Å². The third kappa shape index (κ3) is 4.12. The van der Waals surface area contributed by atoms with Crippen LogP contribution in [0, 0.1) is 0 Å². The molecule has 0 aliphatic rings. The number of benzene rings is 1. The number of nitrogens with zero attached hydrogens (tertiary/aromatic N) is 1. The van der Waals surface area contributed by atoms with Crippen LogP contribution in [0.1, 0.15) is 31.4 Å². The molecule has 1 heterocycles. The van der Waals surface area contributed by atoms with Crippen molar-refractivity contribution in [1.82, 2.24) is 4.98 Å². The minimum absolute atomic E-state index is 0.216. The molecule has 0 fully saturated rings. The predicted octanol–water partition coefficient (Wildman–Crippen LogP) is 5.34. The monoisotopic (exact) mass is 294 g/mol. The Labute approximate surface area is 123 Å². The average molecular weight is 295 g/mol. The molecule has 4 heteroatoms. The summed E-state index contributed by atoms with van der Waals surface area (Å²) in [6.07, 6.45) is 2.11. The van der Waals surface area contributed by atoms with Gasteiger partial charge in [0.1, 0.15) is 11.0 Å². The highest BCUT2D eigenvalue weighted by Crippen LogP contribution is 2.24. The van der Waals surface area contributed by atoms with Crippen LogP contribution in [-0.2, 0) is 0 Å². The Bertz CT molecular complexity index is 526. The average Bonchev–Trinajstić information content (AvgIpc) is 2.39. The molecule has 0 spiro atoms. The van der Waals surface area contributed by atoms with Gasteiger partial charge in [0, 0.05) is 5.02 Å². The molecule has 0 saturated carbocycles. The van der Waals surface area contributed by atoms with Crippen LogP contribution in [0.3, 0.4) is 0 Å². The van der Waals surface area contributed by atoms with E-state index >= 15 is 0 Å². The lowest BCUT2D eigenvalue weighted by Crippen LogP contribution is -2.11. The van der Waals surface area contributed by atoms with E-state index in [2.05, 4.69) is 17.2 Å². The van der Waals surface area contributed by atoms with Crippen molar-refractivity contribution in [3.05, 3.63) is 58.2 Å². The fraction of sp³-hybridized carbons (Fsp3) is 0.267. The topological polar surface area (TPSA) is 24.9 Å². The van der Waals surface area contributed by atoms with Crippen LogP contribution in [0.5, 0.6) is 0 Å². The van der Waals surface area contributed by atoms with Crippen molar-refractivity contribution >= 4 is 29.0 Å². The fourth-order valence-electron chi connectivity index (χ4n) is 1.97. The highest BCUT2D eigenvalue weighted by molar-refractivity contribution is 6.30. The minimum Gasteiger partial charge on any atom is -0.363 e. The van der Waals surface area contributed by atoms with Crippen LogP contribution < -0.4 is 5.32 Å². The van der Waals surface area contributed by atoms with E-state index in [1.165, 1.54) is 5.56 Å². The first kappa shape index (κ1) is 14.2. The molecule has 0 aliphatic heterocycles. The summed E-state index contributed by atoms with van der Waals surface area (Å²) in [5.41, 5.74) is 1.20. The van der Waals surface area contributed by atoms with Crippen LogP contribution >= 0.6 is 23.2 Å². The van der Waals surface area contributed by atoms with Gasteiger partial charge in [0.05, 0.1) is 6.04 Å². The molecular weight excluding hydrogens is 279 g/mol. The Morgan fingerprint density at radius 3 is 2.47 bits per heavy atom. The van der Waals surface area contributed by atoms with Crippen molar-refractivity contribution in [1.29, 1.82) is 0 Å². The second-order valence-electron chi connectivity index (χ2n) is 4.38. The molecule has 1 aromatic carbocycles. The lowest BCUT2D eigenvalue weighted by molar-refractivity contribution is 0.675. The van der Waals surface area contributed by atoms with Gasteiger partial charge in [0.2, 0.25) is 0 Å². The summed E-state index contributed by atoms with van der Waals surface area (Å²) in [5.74, 6) is 0.793. The molecule has 2 aromatic rings. The van der Waals surface area contributed by atoms with E-state index in [4.69, 9.17) is 23.2 Å². The van der Waals surface area contributed by atoms with Gasteiger partial charge in [0.15, 0.2) is 0 Å². The number of aromatic nitrogens is 1. The number of rotatable bonds is 5. The Morgan fingerprint density at radius 2 is 1.84 bits per heavy atom. The first-order valence-electron chi connectivity index (χ1n) is 6.33. The zero-order valence-corrected chi connectivity index (χ0v) is 12.2. The molecule has 0 amide bonds. The van der Waals surface area contributed by atoms with Crippen LogP contribution in [0.15, 0.2) is 42.5 Å². The Kier molecular flexibility index (Phi) is 5.06. The maximum Gasteiger partial charge on any atom is 0.131 e. The first-order valence-corrected chi connectivity index (χ1v) is 7.09. The summed E-state index contributed by atoms with van der Waals surface area (Å²) in [6.45, 7) is 2.16. The molecule has 2 nitrogen and oxygen atoms in total. The molecule has 0 bridgehead atoms. The number of hydrogen-bond acceptors (Lipinski definition) is 2. The molecule has 1 unspecified atom stereocenters. The Hall–Kier alpha value is -1.25. The van der Waals surface area contributed by atoms with E-state index in [9.17, 15) is 0 Å². The molecule has 2 rings (SSSR count). The molecule has 1 aromatic heterocycles. The minimum atomic E-state index is 0.216. The summed E-state index contributed by atoms with van der Waals surface area (Å²) < 4.78 is 0. The lowest BCUT2D eigenvalue weighted by atomic mass is 10.0. The molecular formula is C15H16Cl2N2. The van der Waals surface area contributed by atoms with E-state index in [-0.39, 0.29) is 6.04 Å². The molecule has 100 valence electrons.